The zero-order valence-electron chi connectivity index (χ0n) is 14.3. The molecule has 7 nitrogen and oxygen atoms in total. The van der Waals surface area contributed by atoms with Crippen molar-refractivity contribution in [2.75, 3.05) is 43.0 Å². The second-order valence-electron chi connectivity index (χ2n) is 5.69. The second-order valence-corrected chi connectivity index (χ2v) is 6.50. The molecule has 138 valence electrons. The maximum absolute atomic E-state index is 11.8. The van der Waals surface area contributed by atoms with E-state index in [1.807, 2.05) is 12.1 Å². The van der Waals surface area contributed by atoms with Crippen LogP contribution in [0.1, 0.15) is 6.92 Å². The molecule has 1 amide bonds. The predicted molar refractivity (Wildman–Crippen MR) is 103 cm³/mol. The van der Waals surface area contributed by atoms with E-state index in [2.05, 4.69) is 20.2 Å². The van der Waals surface area contributed by atoms with Gasteiger partial charge in [-0.3, -0.25) is 0 Å². The van der Waals surface area contributed by atoms with Gasteiger partial charge >= 0.3 is 6.09 Å². The molecule has 0 unspecified atom stereocenters. The molecule has 3 rings (SSSR count). The van der Waals surface area contributed by atoms with Crippen molar-refractivity contribution in [2.24, 2.45) is 0 Å². The number of halogens is 2. The first kappa shape index (κ1) is 18.5. The number of piperazine rings is 1. The molecule has 0 saturated carbocycles. The number of ether oxygens (including phenoxy) is 1. The Balaban J connectivity index is 1.64. The van der Waals surface area contributed by atoms with Gasteiger partial charge in [-0.2, -0.15) is 0 Å². The van der Waals surface area contributed by atoms with Crippen molar-refractivity contribution in [3.63, 3.8) is 0 Å². The third-order valence-corrected chi connectivity index (χ3v) is 4.71. The fourth-order valence-corrected chi connectivity index (χ4v) is 2.94. The number of carbonyl (C=O) groups excluding carboxylic acids is 1. The zero-order chi connectivity index (χ0) is 18.5. The summed E-state index contributed by atoms with van der Waals surface area (Å²) in [6.07, 6.45) is 1.24. The molecule has 1 saturated heterocycles. The molecule has 0 atom stereocenters. The predicted octanol–water partition coefficient (Wildman–Crippen LogP) is 3.81. The third-order valence-electron chi connectivity index (χ3n) is 3.97. The lowest BCUT2D eigenvalue weighted by atomic mass is 10.3. The lowest BCUT2D eigenvalue weighted by molar-refractivity contribution is 0.105. The number of hydrogen-bond acceptors (Lipinski definition) is 6. The van der Waals surface area contributed by atoms with E-state index in [1.165, 1.54) is 6.33 Å². The van der Waals surface area contributed by atoms with Crippen LogP contribution in [0.3, 0.4) is 0 Å². The van der Waals surface area contributed by atoms with Crippen LogP contribution in [0.5, 0.6) is 0 Å². The minimum Gasteiger partial charge on any atom is -0.450 e. The number of anilines is 3. The highest BCUT2D eigenvalue weighted by atomic mass is 35.5. The van der Waals surface area contributed by atoms with E-state index >= 15 is 0 Å². The van der Waals surface area contributed by atoms with Gasteiger partial charge in [-0.25, -0.2) is 14.8 Å². The summed E-state index contributed by atoms with van der Waals surface area (Å²) in [5.41, 5.74) is 0.788. The Morgan fingerprint density at radius 1 is 1.15 bits per heavy atom. The topological polar surface area (TPSA) is 70.6 Å². The average Bonchev–Trinajstić information content (AvgIpc) is 2.65. The number of carbonyl (C=O) groups is 1. The van der Waals surface area contributed by atoms with Gasteiger partial charge in [0.2, 0.25) is 0 Å². The maximum Gasteiger partial charge on any atom is 0.409 e. The highest BCUT2D eigenvalue weighted by Gasteiger charge is 2.22. The van der Waals surface area contributed by atoms with Gasteiger partial charge < -0.3 is 19.9 Å². The fourth-order valence-electron chi connectivity index (χ4n) is 2.64. The first-order valence-corrected chi connectivity index (χ1v) is 9.03. The van der Waals surface area contributed by atoms with E-state index in [9.17, 15) is 4.79 Å². The van der Waals surface area contributed by atoms with Gasteiger partial charge in [-0.15, -0.1) is 0 Å². The molecule has 2 heterocycles. The standard InChI is InChI=1S/C17H19Cl2N5O2/c1-2-26-17(25)24-7-5-23(6-8-24)16-10-15(20-11-21-16)22-12-3-4-13(18)14(19)9-12/h3-4,9-11H,2,5-8H2,1H3,(H,20,21,22). The Morgan fingerprint density at radius 3 is 2.62 bits per heavy atom. The molecule has 9 heteroatoms. The van der Waals surface area contributed by atoms with Crippen molar-refractivity contribution in [3.05, 3.63) is 40.6 Å². The summed E-state index contributed by atoms with van der Waals surface area (Å²) >= 11 is 12.0. The number of nitrogens with one attached hydrogen (secondary N) is 1. The van der Waals surface area contributed by atoms with Crippen LogP contribution in [-0.4, -0.2) is 53.7 Å². The highest BCUT2D eigenvalue weighted by molar-refractivity contribution is 6.42. The van der Waals surface area contributed by atoms with Crippen molar-refractivity contribution in [3.8, 4) is 0 Å². The highest BCUT2D eigenvalue weighted by Crippen LogP contribution is 2.27. The van der Waals surface area contributed by atoms with Crippen LogP contribution in [0.2, 0.25) is 10.0 Å². The quantitative estimate of drug-likeness (QED) is 0.848. The monoisotopic (exact) mass is 395 g/mol. The van der Waals surface area contributed by atoms with Crippen molar-refractivity contribution in [1.82, 2.24) is 14.9 Å². The molecule has 0 radical (unpaired) electrons. The number of hydrogen-bond donors (Lipinski definition) is 1. The van der Waals surface area contributed by atoms with E-state index in [0.29, 0.717) is 48.6 Å². The molecule has 2 aromatic rings. The Bertz CT molecular complexity index is 781. The molecule has 1 fully saturated rings. The minimum atomic E-state index is -0.267. The van der Waals surface area contributed by atoms with Gasteiger partial charge in [0.05, 0.1) is 16.7 Å². The Kier molecular flexibility index (Phi) is 6.00. The molecule has 26 heavy (non-hydrogen) atoms. The van der Waals surface area contributed by atoms with Crippen LogP contribution >= 0.6 is 23.2 Å². The summed E-state index contributed by atoms with van der Waals surface area (Å²) in [4.78, 5) is 24.2. The van der Waals surface area contributed by atoms with Gasteiger partial charge in [0, 0.05) is 37.9 Å². The van der Waals surface area contributed by atoms with E-state index in [-0.39, 0.29) is 6.09 Å². The van der Waals surface area contributed by atoms with E-state index in [0.717, 1.165) is 11.5 Å². The molecular weight excluding hydrogens is 377 g/mol. The van der Waals surface area contributed by atoms with Crippen LogP contribution in [0.25, 0.3) is 0 Å². The van der Waals surface area contributed by atoms with Gasteiger partial charge in [-0.05, 0) is 25.1 Å². The number of aromatic nitrogens is 2. The van der Waals surface area contributed by atoms with E-state index in [1.54, 1.807) is 24.0 Å². The maximum atomic E-state index is 11.8. The number of nitrogens with zero attached hydrogens (tertiary/aromatic N) is 4. The summed E-state index contributed by atoms with van der Waals surface area (Å²) in [5.74, 6) is 1.45. The molecular formula is C17H19Cl2N5O2. The van der Waals surface area contributed by atoms with Crippen molar-refractivity contribution in [1.29, 1.82) is 0 Å². The van der Waals surface area contributed by atoms with Crippen LogP contribution in [-0.2, 0) is 4.74 Å². The lowest BCUT2D eigenvalue weighted by Gasteiger charge is -2.34. The molecule has 1 aliphatic rings. The third kappa shape index (κ3) is 4.47. The normalized spacial score (nSPS) is 14.3. The van der Waals surface area contributed by atoms with Crippen molar-refractivity contribution in [2.45, 2.75) is 6.92 Å². The lowest BCUT2D eigenvalue weighted by Crippen LogP contribution is -2.49. The fraction of sp³-hybridized carbons (Fsp3) is 0.353. The Morgan fingerprint density at radius 2 is 1.92 bits per heavy atom. The summed E-state index contributed by atoms with van der Waals surface area (Å²) < 4.78 is 5.04. The molecule has 1 aliphatic heterocycles. The van der Waals surface area contributed by atoms with Gasteiger partial charge in [0.1, 0.15) is 18.0 Å². The number of amides is 1. The smallest absolute Gasteiger partial charge is 0.409 e. The largest absolute Gasteiger partial charge is 0.450 e. The van der Waals surface area contributed by atoms with Gasteiger partial charge in [0.15, 0.2) is 0 Å². The SMILES string of the molecule is CCOC(=O)N1CCN(c2cc(Nc3ccc(Cl)c(Cl)c3)ncn2)CC1. The number of benzene rings is 1. The van der Waals surface area contributed by atoms with Crippen LogP contribution in [0.4, 0.5) is 22.1 Å². The summed E-state index contributed by atoms with van der Waals surface area (Å²) in [6.45, 7) is 4.74. The molecule has 0 bridgehead atoms. The number of rotatable bonds is 4. The zero-order valence-corrected chi connectivity index (χ0v) is 15.8. The molecule has 1 aromatic carbocycles. The molecule has 0 aliphatic carbocycles. The molecule has 0 spiro atoms. The van der Waals surface area contributed by atoms with E-state index < -0.39 is 0 Å². The first-order chi connectivity index (χ1) is 12.6. The van der Waals surface area contributed by atoms with Gasteiger partial charge in [-0.1, -0.05) is 23.2 Å². The van der Waals surface area contributed by atoms with Crippen molar-refractivity contribution >= 4 is 46.6 Å². The summed E-state index contributed by atoms with van der Waals surface area (Å²) in [5, 5.41) is 4.16. The minimum absolute atomic E-state index is 0.267. The van der Waals surface area contributed by atoms with Crippen LogP contribution < -0.4 is 10.2 Å². The van der Waals surface area contributed by atoms with Gasteiger partial charge in [0.25, 0.3) is 0 Å². The second kappa shape index (κ2) is 8.42. The summed E-state index contributed by atoms with van der Waals surface area (Å²) in [6, 6.07) is 7.16. The summed E-state index contributed by atoms with van der Waals surface area (Å²) in [7, 11) is 0. The van der Waals surface area contributed by atoms with E-state index in [4.69, 9.17) is 27.9 Å². The van der Waals surface area contributed by atoms with Crippen LogP contribution in [0, 0.1) is 0 Å². The Labute approximate surface area is 161 Å². The Hall–Kier alpha value is -2.25. The molecule has 1 aromatic heterocycles. The molecule has 1 N–H and O–H groups in total. The van der Waals surface area contributed by atoms with Crippen molar-refractivity contribution < 1.29 is 9.53 Å². The average molecular weight is 396 g/mol. The van der Waals surface area contributed by atoms with Crippen LogP contribution in [0.15, 0.2) is 30.6 Å². The first-order valence-electron chi connectivity index (χ1n) is 8.27.